The lowest BCUT2D eigenvalue weighted by atomic mass is 9.98. The normalized spacial score (nSPS) is 24.6. The molecule has 0 spiro atoms. The standard InChI is InChI=1S/C25H28FN3O6/c1-14-19(22(30)28(2)21(27-14)25-34-23(31)24(32)35-25)9-10-29-16-7-8-17(29)12-18(11-16)33-13-15-5-3-4-6-20(15)26/h3-6,16-18,25H,7-13H2,1-2H3. The Labute approximate surface area is 201 Å². The molecule has 186 valence electrons. The molecule has 10 heteroatoms. The first-order valence-corrected chi connectivity index (χ1v) is 11.9. The van der Waals surface area contributed by atoms with Crippen LogP contribution in [0.1, 0.15) is 54.6 Å². The van der Waals surface area contributed by atoms with E-state index in [1.54, 1.807) is 19.1 Å². The van der Waals surface area contributed by atoms with Gasteiger partial charge in [-0.25, -0.2) is 19.0 Å². The molecular weight excluding hydrogens is 457 g/mol. The van der Waals surface area contributed by atoms with Gasteiger partial charge in [0.15, 0.2) is 5.82 Å². The van der Waals surface area contributed by atoms with E-state index in [4.69, 9.17) is 14.2 Å². The van der Waals surface area contributed by atoms with Gasteiger partial charge in [-0.05, 0) is 45.1 Å². The van der Waals surface area contributed by atoms with Gasteiger partial charge in [0.1, 0.15) is 5.82 Å². The molecule has 2 bridgehead atoms. The van der Waals surface area contributed by atoms with Crippen LogP contribution in [0.5, 0.6) is 0 Å². The fourth-order valence-electron chi connectivity index (χ4n) is 5.48. The number of carbonyl (C=O) groups excluding carboxylic acids is 2. The minimum atomic E-state index is -1.31. The molecule has 2 unspecified atom stereocenters. The molecule has 0 amide bonds. The second kappa shape index (κ2) is 9.50. The quantitative estimate of drug-likeness (QED) is 0.434. The number of ether oxygens (including phenoxy) is 3. The lowest BCUT2D eigenvalue weighted by molar-refractivity contribution is -0.150. The number of carbonyl (C=O) groups is 2. The lowest BCUT2D eigenvalue weighted by Crippen LogP contribution is -2.46. The molecule has 2 aromatic rings. The monoisotopic (exact) mass is 485 g/mol. The van der Waals surface area contributed by atoms with Gasteiger partial charge in [0.2, 0.25) is 0 Å². The molecule has 0 N–H and O–H groups in total. The average molecular weight is 486 g/mol. The van der Waals surface area contributed by atoms with Gasteiger partial charge in [-0.3, -0.25) is 14.3 Å². The third-order valence-electron chi connectivity index (χ3n) is 7.32. The molecular formula is C25H28FN3O6. The Morgan fingerprint density at radius 2 is 1.74 bits per heavy atom. The van der Waals surface area contributed by atoms with Crippen molar-refractivity contribution in [1.29, 1.82) is 0 Å². The summed E-state index contributed by atoms with van der Waals surface area (Å²) in [5.74, 6) is -2.34. The van der Waals surface area contributed by atoms with Crippen LogP contribution >= 0.6 is 0 Å². The predicted molar refractivity (Wildman–Crippen MR) is 121 cm³/mol. The van der Waals surface area contributed by atoms with Crippen LogP contribution in [0.4, 0.5) is 4.39 Å². The fourth-order valence-corrected chi connectivity index (χ4v) is 5.48. The van der Waals surface area contributed by atoms with Crippen LogP contribution in [-0.4, -0.2) is 51.1 Å². The van der Waals surface area contributed by atoms with Gasteiger partial charge in [0, 0.05) is 42.5 Å². The van der Waals surface area contributed by atoms with Gasteiger partial charge in [-0.1, -0.05) is 18.2 Å². The number of rotatable bonds is 7. The first-order chi connectivity index (χ1) is 16.8. The third kappa shape index (κ3) is 4.60. The van der Waals surface area contributed by atoms with Crippen molar-refractivity contribution in [1.82, 2.24) is 14.5 Å². The number of halogens is 1. The largest absolute Gasteiger partial charge is 0.421 e. The van der Waals surface area contributed by atoms with E-state index in [9.17, 15) is 18.8 Å². The van der Waals surface area contributed by atoms with Crippen LogP contribution in [-0.2, 0) is 43.9 Å². The summed E-state index contributed by atoms with van der Waals surface area (Å²) in [6.45, 7) is 2.73. The number of hydrogen-bond donors (Lipinski definition) is 0. The summed E-state index contributed by atoms with van der Waals surface area (Å²) < 4.78 is 31.0. The van der Waals surface area contributed by atoms with E-state index in [-0.39, 0.29) is 29.9 Å². The smallest absolute Gasteiger partial charge is 0.409 e. The summed E-state index contributed by atoms with van der Waals surface area (Å²) in [6.07, 6.45) is 3.25. The maximum atomic E-state index is 13.9. The number of cyclic esters (lactones) is 2. The van der Waals surface area contributed by atoms with E-state index >= 15 is 0 Å². The summed E-state index contributed by atoms with van der Waals surface area (Å²) in [5, 5.41) is 0. The van der Waals surface area contributed by atoms with Crippen LogP contribution in [0.3, 0.4) is 0 Å². The van der Waals surface area contributed by atoms with Crippen LogP contribution < -0.4 is 5.56 Å². The van der Waals surface area contributed by atoms with E-state index in [2.05, 4.69) is 9.88 Å². The van der Waals surface area contributed by atoms with Crippen LogP contribution in [0.2, 0.25) is 0 Å². The molecule has 0 radical (unpaired) electrons. The Morgan fingerprint density at radius 1 is 1.09 bits per heavy atom. The Morgan fingerprint density at radius 3 is 2.40 bits per heavy atom. The van der Waals surface area contributed by atoms with Gasteiger partial charge in [-0.2, -0.15) is 0 Å². The van der Waals surface area contributed by atoms with Crippen molar-refractivity contribution in [3.05, 3.63) is 63.1 Å². The highest BCUT2D eigenvalue weighted by atomic mass is 19.1. The number of aryl methyl sites for hydroxylation is 1. The number of esters is 2. The Balaban J connectivity index is 1.22. The maximum Gasteiger partial charge on any atom is 0.421 e. The van der Waals surface area contributed by atoms with Crippen LogP contribution in [0, 0.1) is 12.7 Å². The molecule has 3 fully saturated rings. The average Bonchev–Trinajstić information content (AvgIpc) is 3.28. The van der Waals surface area contributed by atoms with Gasteiger partial charge >= 0.3 is 18.2 Å². The van der Waals surface area contributed by atoms with Gasteiger partial charge in [0.05, 0.1) is 12.7 Å². The third-order valence-corrected chi connectivity index (χ3v) is 7.32. The summed E-state index contributed by atoms with van der Waals surface area (Å²) in [6, 6.07) is 7.43. The number of fused-ring (bicyclic) bond motifs is 2. The van der Waals surface area contributed by atoms with Crippen molar-refractivity contribution in [3.63, 3.8) is 0 Å². The first-order valence-electron chi connectivity index (χ1n) is 11.9. The number of hydrogen-bond acceptors (Lipinski definition) is 8. The predicted octanol–water partition coefficient (Wildman–Crippen LogP) is 2.08. The van der Waals surface area contributed by atoms with E-state index in [1.807, 2.05) is 6.07 Å². The topological polar surface area (TPSA) is 100.0 Å². The molecule has 35 heavy (non-hydrogen) atoms. The van der Waals surface area contributed by atoms with E-state index in [1.165, 1.54) is 17.7 Å². The summed E-state index contributed by atoms with van der Waals surface area (Å²) in [5.41, 5.74) is 1.44. The van der Waals surface area contributed by atoms with Crippen molar-refractivity contribution in [2.45, 2.75) is 70.1 Å². The second-order valence-electron chi connectivity index (χ2n) is 9.41. The highest BCUT2D eigenvalue weighted by molar-refractivity contribution is 6.30. The SMILES string of the molecule is Cc1nc(C2OC(=O)C(=O)O2)n(C)c(=O)c1CCN1C2CCC1CC(OCc1ccccc1F)C2. The highest BCUT2D eigenvalue weighted by Crippen LogP contribution is 2.37. The van der Waals surface area contributed by atoms with Crippen molar-refractivity contribution in [3.8, 4) is 0 Å². The molecule has 3 aliphatic rings. The highest BCUT2D eigenvalue weighted by Gasteiger charge is 2.41. The molecule has 2 atom stereocenters. The van der Waals surface area contributed by atoms with Crippen molar-refractivity contribution >= 4 is 11.9 Å². The van der Waals surface area contributed by atoms with Gasteiger partial charge in [-0.15, -0.1) is 0 Å². The summed E-state index contributed by atoms with van der Waals surface area (Å²) >= 11 is 0. The minimum Gasteiger partial charge on any atom is -0.409 e. The molecule has 0 aliphatic carbocycles. The second-order valence-corrected chi connectivity index (χ2v) is 9.41. The van der Waals surface area contributed by atoms with Crippen LogP contribution in [0.25, 0.3) is 0 Å². The number of nitrogens with zero attached hydrogens (tertiary/aromatic N) is 3. The van der Waals surface area contributed by atoms with Gasteiger partial charge < -0.3 is 14.2 Å². The van der Waals surface area contributed by atoms with E-state index in [0.717, 1.165) is 32.2 Å². The van der Waals surface area contributed by atoms with Crippen molar-refractivity contribution in [2.75, 3.05) is 6.54 Å². The maximum absolute atomic E-state index is 13.9. The van der Waals surface area contributed by atoms with Crippen LogP contribution in [0.15, 0.2) is 29.1 Å². The molecule has 4 heterocycles. The molecule has 9 nitrogen and oxygen atoms in total. The number of aromatic nitrogens is 2. The Bertz CT molecular complexity index is 1180. The minimum absolute atomic E-state index is 0.0864. The Hall–Kier alpha value is -3.11. The molecule has 1 aromatic carbocycles. The van der Waals surface area contributed by atoms with Crippen molar-refractivity contribution < 1.29 is 28.2 Å². The zero-order valence-electron chi connectivity index (χ0n) is 19.7. The molecule has 3 saturated heterocycles. The molecule has 5 rings (SSSR count). The number of piperidine rings is 1. The number of benzene rings is 1. The van der Waals surface area contributed by atoms with Crippen molar-refractivity contribution in [2.24, 2.45) is 7.05 Å². The summed E-state index contributed by atoms with van der Waals surface area (Å²) in [7, 11) is 1.52. The van der Waals surface area contributed by atoms with E-state index in [0.29, 0.717) is 35.3 Å². The molecule has 1 aromatic heterocycles. The first kappa shape index (κ1) is 23.6. The Kier molecular flexibility index (Phi) is 6.41. The lowest BCUT2D eigenvalue weighted by Gasteiger charge is -2.39. The zero-order valence-corrected chi connectivity index (χ0v) is 19.7. The molecule has 0 saturated carbocycles. The fraction of sp³-hybridized carbons (Fsp3) is 0.520. The summed E-state index contributed by atoms with van der Waals surface area (Å²) in [4.78, 5) is 42.6. The van der Waals surface area contributed by atoms with E-state index < -0.39 is 18.2 Å². The zero-order chi connectivity index (χ0) is 24.7. The van der Waals surface area contributed by atoms with Gasteiger partial charge in [0.25, 0.3) is 5.56 Å². The molecule has 3 aliphatic heterocycles.